The largest absolute Gasteiger partial charge is 0.396 e. The minimum absolute atomic E-state index is 0.242. The van der Waals surface area contributed by atoms with E-state index in [9.17, 15) is 0 Å². The van der Waals surface area contributed by atoms with Crippen molar-refractivity contribution in [2.45, 2.75) is 12.5 Å². The van der Waals surface area contributed by atoms with Crippen LogP contribution in [0.5, 0.6) is 0 Å². The minimum Gasteiger partial charge on any atom is -0.396 e. The molecule has 0 atom stereocenters. The molecule has 0 saturated carbocycles. The number of thioether (sulfide) groups is 1. The van der Waals surface area contributed by atoms with E-state index in [2.05, 4.69) is 66.0 Å². The first-order valence-corrected chi connectivity index (χ1v) is 8.59. The fourth-order valence-electron chi connectivity index (χ4n) is 2.26. The Morgan fingerprint density at radius 2 is 1.43 bits per heavy atom. The molecule has 0 aliphatic rings. The van der Waals surface area contributed by atoms with Crippen LogP contribution in [0.2, 0.25) is 0 Å². The van der Waals surface area contributed by atoms with Gasteiger partial charge < -0.3 is 10.4 Å². The summed E-state index contributed by atoms with van der Waals surface area (Å²) in [5, 5.41) is 12.4. The monoisotopic (exact) mass is 301 g/mol. The first kappa shape index (κ1) is 16.1. The standard InChI is InChI=1S/C18H23NOS/c20-13-7-14-21-15-12-19-18(16-8-3-1-4-9-16)17-10-5-2-6-11-17/h1-6,8-11,18-20H,7,12-15H2. The highest BCUT2D eigenvalue weighted by molar-refractivity contribution is 7.99. The van der Waals surface area contributed by atoms with Crippen LogP contribution >= 0.6 is 11.8 Å². The van der Waals surface area contributed by atoms with Gasteiger partial charge in [0, 0.05) is 18.9 Å². The fourth-order valence-corrected chi connectivity index (χ4v) is 3.06. The van der Waals surface area contributed by atoms with Gasteiger partial charge in [0.05, 0.1) is 6.04 Å². The lowest BCUT2D eigenvalue weighted by Crippen LogP contribution is -2.24. The molecule has 0 aliphatic carbocycles. The Morgan fingerprint density at radius 1 is 0.857 bits per heavy atom. The molecule has 0 saturated heterocycles. The molecular formula is C18H23NOS. The molecule has 0 aliphatic heterocycles. The minimum atomic E-state index is 0.242. The molecule has 2 aromatic carbocycles. The van der Waals surface area contributed by atoms with Crippen LogP contribution < -0.4 is 5.32 Å². The average molecular weight is 301 g/mol. The highest BCUT2D eigenvalue weighted by atomic mass is 32.2. The quantitative estimate of drug-likeness (QED) is 0.696. The van der Waals surface area contributed by atoms with Crippen LogP contribution in [0.25, 0.3) is 0 Å². The molecule has 0 bridgehead atoms. The summed E-state index contributed by atoms with van der Waals surface area (Å²) < 4.78 is 0. The van der Waals surface area contributed by atoms with Gasteiger partial charge in [-0.3, -0.25) is 0 Å². The van der Waals surface area contributed by atoms with E-state index in [4.69, 9.17) is 5.11 Å². The molecule has 112 valence electrons. The Morgan fingerprint density at radius 3 is 1.95 bits per heavy atom. The smallest absolute Gasteiger partial charge is 0.0576 e. The van der Waals surface area contributed by atoms with Gasteiger partial charge in [0.15, 0.2) is 0 Å². The average Bonchev–Trinajstić information content (AvgIpc) is 2.56. The van der Waals surface area contributed by atoms with E-state index in [1.807, 2.05) is 11.8 Å². The maximum atomic E-state index is 8.78. The molecule has 0 spiro atoms. The van der Waals surface area contributed by atoms with Crippen molar-refractivity contribution in [2.24, 2.45) is 0 Å². The van der Waals surface area contributed by atoms with Gasteiger partial charge in [-0.05, 0) is 23.3 Å². The molecule has 2 nitrogen and oxygen atoms in total. The fraction of sp³-hybridized carbons (Fsp3) is 0.333. The van der Waals surface area contributed by atoms with Gasteiger partial charge in [0.25, 0.3) is 0 Å². The lowest BCUT2D eigenvalue weighted by molar-refractivity contribution is 0.296. The van der Waals surface area contributed by atoms with Crippen LogP contribution in [0, 0.1) is 0 Å². The van der Waals surface area contributed by atoms with E-state index >= 15 is 0 Å². The number of nitrogens with one attached hydrogen (secondary N) is 1. The summed E-state index contributed by atoms with van der Waals surface area (Å²) in [7, 11) is 0. The van der Waals surface area contributed by atoms with E-state index < -0.39 is 0 Å². The Labute approximate surface area is 131 Å². The predicted octanol–water partition coefficient (Wildman–Crippen LogP) is 3.48. The van der Waals surface area contributed by atoms with Crippen molar-refractivity contribution in [2.75, 3.05) is 24.7 Å². The summed E-state index contributed by atoms with van der Waals surface area (Å²) in [6.07, 6.45) is 0.880. The molecule has 0 heterocycles. The van der Waals surface area contributed by atoms with Gasteiger partial charge in [-0.25, -0.2) is 0 Å². The summed E-state index contributed by atoms with van der Waals surface area (Å²) in [5.41, 5.74) is 2.59. The second kappa shape index (κ2) is 9.61. The van der Waals surface area contributed by atoms with E-state index in [0.29, 0.717) is 0 Å². The molecule has 0 fully saturated rings. The Bertz CT molecular complexity index is 450. The van der Waals surface area contributed by atoms with Crippen molar-refractivity contribution in [3.63, 3.8) is 0 Å². The van der Waals surface area contributed by atoms with E-state index in [0.717, 1.165) is 24.5 Å². The molecule has 2 rings (SSSR count). The van der Waals surface area contributed by atoms with Crippen LogP contribution in [0.4, 0.5) is 0 Å². The topological polar surface area (TPSA) is 32.3 Å². The highest BCUT2D eigenvalue weighted by Gasteiger charge is 2.12. The van der Waals surface area contributed by atoms with Crippen LogP contribution in [0.15, 0.2) is 60.7 Å². The van der Waals surface area contributed by atoms with Crippen molar-refractivity contribution >= 4 is 11.8 Å². The lowest BCUT2D eigenvalue weighted by atomic mass is 9.99. The van der Waals surface area contributed by atoms with Crippen molar-refractivity contribution in [1.29, 1.82) is 0 Å². The molecular weight excluding hydrogens is 278 g/mol. The van der Waals surface area contributed by atoms with Crippen LogP contribution in [-0.2, 0) is 0 Å². The van der Waals surface area contributed by atoms with Gasteiger partial charge in [-0.2, -0.15) is 11.8 Å². The van der Waals surface area contributed by atoms with Crippen LogP contribution in [0.3, 0.4) is 0 Å². The van der Waals surface area contributed by atoms with E-state index in [1.54, 1.807) is 0 Å². The highest BCUT2D eigenvalue weighted by Crippen LogP contribution is 2.21. The Hall–Kier alpha value is -1.29. The second-order valence-electron chi connectivity index (χ2n) is 4.90. The number of hydrogen-bond acceptors (Lipinski definition) is 3. The zero-order chi connectivity index (χ0) is 14.8. The van der Waals surface area contributed by atoms with Crippen molar-refractivity contribution in [3.8, 4) is 0 Å². The van der Waals surface area contributed by atoms with E-state index in [1.165, 1.54) is 11.1 Å². The number of aliphatic hydroxyl groups excluding tert-OH is 1. The third kappa shape index (κ3) is 5.54. The number of hydrogen-bond donors (Lipinski definition) is 2. The van der Waals surface area contributed by atoms with Gasteiger partial charge in [0.2, 0.25) is 0 Å². The molecule has 0 unspecified atom stereocenters. The summed E-state index contributed by atoms with van der Waals surface area (Å²) in [5.74, 6) is 2.09. The normalized spacial score (nSPS) is 11.0. The molecule has 0 amide bonds. The summed E-state index contributed by atoms with van der Waals surface area (Å²) in [6.45, 7) is 1.25. The molecule has 21 heavy (non-hydrogen) atoms. The zero-order valence-corrected chi connectivity index (χ0v) is 13.1. The number of benzene rings is 2. The first-order valence-electron chi connectivity index (χ1n) is 7.43. The molecule has 3 heteroatoms. The molecule has 0 radical (unpaired) electrons. The van der Waals surface area contributed by atoms with Crippen LogP contribution in [-0.4, -0.2) is 29.8 Å². The lowest BCUT2D eigenvalue weighted by Gasteiger charge is -2.19. The summed E-state index contributed by atoms with van der Waals surface area (Å²) in [6, 6.07) is 21.4. The van der Waals surface area contributed by atoms with Crippen molar-refractivity contribution < 1.29 is 5.11 Å². The Balaban J connectivity index is 1.94. The number of aliphatic hydroxyl groups is 1. The van der Waals surface area contributed by atoms with Crippen molar-refractivity contribution in [3.05, 3.63) is 71.8 Å². The van der Waals surface area contributed by atoms with Gasteiger partial charge in [-0.15, -0.1) is 0 Å². The van der Waals surface area contributed by atoms with Gasteiger partial charge in [-0.1, -0.05) is 60.7 Å². The Kier molecular flexibility index (Phi) is 7.36. The first-order chi connectivity index (χ1) is 10.4. The predicted molar refractivity (Wildman–Crippen MR) is 91.8 cm³/mol. The zero-order valence-electron chi connectivity index (χ0n) is 12.2. The van der Waals surface area contributed by atoms with Crippen LogP contribution in [0.1, 0.15) is 23.6 Å². The van der Waals surface area contributed by atoms with Gasteiger partial charge in [0.1, 0.15) is 0 Å². The molecule has 2 aromatic rings. The third-order valence-electron chi connectivity index (χ3n) is 3.31. The SMILES string of the molecule is OCCCSCCNC(c1ccccc1)c1ccccc1. The summed E-state index contributed by atoms with van der Waals surface area (Å²) in [4.78, 5) is 0. The van der Waals surface area contributed by atoms with Crippen molar-refractivity contribution in [1.82, 2.24) is 5.32 Å². The third-order valence-corrected chi connectivity index (χ3v) is 4.38. The van der Waals surface area contributed by atoms with E-state index in [-0.39, 0.29) is 12.6 Å². The number of rotatable bonds is 9. The maximum Gasteiger partial charge on any atom is 0.0576 e. The molecule has 0 aromatic heterocycles. The van der Waals surface area contributed by atoms with Gasteiger partial charge >= 0.3 is 0 Å². The maximum absolute atomic E-state index is 8.78. The molecule has 2 N–H and O–H groups in total. The summed E-state index contributed by atoms with van der Waals surface area (Å²) >= 11 is 1.89. The second-order valence-corrected chi connectivity index (χ2v) is 6.12.